The molecule has 0 aliphatic rings. The second-order valence-electron chi connectivity index (χ2n) is 2.69. The summed E-state index contributed by atoms with van der Waals surface area (Å²) in [7, 11) is 0. The van der Waals surface area contributed by atoms with E-state index >= 15 is 0 Å². The number of alkyl halides is 1. The van der Waals surface area contributed by atoms with E-state index in [0.717, 1.165) is 15.9 Å². The Labute approximate surface area is 80.7 Å². The molecule has 0 aliphatic carbocycles. The molecule has 0 atom stereocenters. The largest absolute Gasteiger partial charge is 0.0876 e. The fourth-order valence-corrected chi connectivity index (χ4v) is 1.91. The molecular formula is C9H10BrCl. The van der Waals surface area contributed by atoms with E-state index in [1.165, 1.54) is 11.1 Å². The minimum Gasteiger partial charge on any atom is -0.0876 e. The highest BCUT2D eigenvalue weighted by molar-refractivity contribution is 9.08. The predicted molar refractivity (Wildman–Crippen MR) is 53.6 cm³/mol. The Kier molecular flexibility index (Phi) is 2.97. The zero-order valence-corrected chi connectivity index (χ0v) is 8.96. The summed E-state index contributed by atoms with van der Waals surface area (Å²) in [6.45, 7) is 4.11. The standard InChI is InChI=1S/C9H10BrCl/c1-6-3-7(2)9(11)8(4-6)5-10/h3-4H,5H2,1-2H3. The van der Waals surface area contributed by atoms with Gasteiger partial charge in [0, 0.05) is 10.4 Å². The molecule has 1 aromatic rings. The highest BCUT2D eigenvalue weighted by Crippen LogP contribution is 2.24. The summed E-state index contributed by atoms with van der Waals surface area (Å²) < 4.78 is 0. The fourth-order valence-electron chi connectivity index (χ4n) is 1.14. The molecule has 1 rings (SSSR count). The SMILES string of the molecule is Cc1cc(C)c(Cl)c(CBr)c1. The molecule has 0 N–H and O–H groups in total. The molecule has 0 spiro atoms. The van der Waals surface area contributed by atoms with Gasteiger partial charge in [-0.1, -0.05) is 45.2 Å². The van der Waals surface area contributed by atoms with E-state index in [2.05, 4.69) is 35.0 Å². The summed E-state index contributed by atoms with van der Waals surface area (Å²) in [5.41, 5.74) is 3.59. The van der Waals surface area contributed by atoms with Crippen LogP contribution >= 0.6 is 27.5 Å². The molecule has 0 saturated heterocycles. The predicted octanol–water partition coefficient (Wildman–Crippen LogP) is 3.85. The smallest absolute Gasteiger partial charge is 0.0475 e. The van der Waals surface area contributed by atoms with Crippen molar-refractivity contribution in [1.29, 1.82) is 0 Å². The van der Waals surface area contributed by atoms with E-state index in [9.17, 15) is 0 Å². The van der Waals surface area contributed by atoms with Crippen molar-refractivity contribution >= 4 is 27.5 Å². The minimum absolute atomic E-state index is 0.828. The van der Waals surface area contributed by atoms with Gasteiger partial charge in [-0.2, -0.15) is 0 Å². The molecule has 0 unspecified atom stereocenters. The van der Waals surface area contributed by atoms with Crippen molar-refractivity contribution in [1.82, 2.24) is 0 Å². The Morgan fingerprint density at radius 1 is 1.36 bits per heavy atom. The van der Waals surface area contributed by atoms with Crippen molar-refractivity contribution in [3.63, 3.8) is 0 Å². The van der Waals surface area contributed by atoms with E-state index in [1.807, 2.05) is 6.92 Å². The molecule has 11 heavy (non-hydrogen) atoms. The first kappa shape index (κ1) is 9.08. The van der Waals surface area contributed by atoms with E-state index in [1.54, 1.807) is 0 Å². The maximum absolute atomic E-state index is 6.04. The van der Waals surface area contributed by atoms with Gasteiger partial charge in [0.15, 0.2) is 0 Å². The van der Waals surface area contributed by atoms with Crippen LogP contribution in [-0.2, 0) is 5.33 Å². The van der Waals surface area contributed by atoms with Gasteiger partial charge < -0.3 is 0 Å². The zero-order chi connectivity index (χ0) is 8.43. The highest BCUT2D eigenvalue weighted by Gasteiger charge is 2.01. The second-order valence-corrected chi connectivity index (χ2v) is 3.63. The maximum atomic E-state index is 6.04. The number of benzene rings is 1. The summed E-state index contributed by atoms with van der Waals surface area (Å²) >= 11 is 9.43. The summed E-state index contributed by atoms with van der Waals surface area (Å²) in [6, 6.07) is 4.19. The summed E-state index contributed by atoms with van der Waals surface area (Å²) in [6.07, 6.45) is 0. The molecule has 2 heteroatoms. The van der Waals surface area contributed by atoms with Crippen molar-refractivity contribution in [2.24, 2.45) is 0 Å². The lowest BCUT2D eigenvalue weighted by atomic mass is 10.1. The summed E-state index contributed by atoms with van der Waals surface area (Å²) in [4.78, 5) is 0. The van der Waals surface area contributed by atoms with Gasteiger partial charge in [-0.05, 0) is 25.0 Å². The summed E-state index contributed by atoms with van der Waals surface area (Å²) in [5, 5.41) is 1.71. The van der Waals surface area contributed by atoms with E-state index < -0.39 is 0 Å². The fraction of sp³-hybridized carbons (Fsp3) is 0.333. The third-order valence-corrected chi connectivity index (χ3v) is 2.76. The lowest BCUT2D eigenvalue weighted by molar-refractivity contribution is 1.31. The molecule has 0 aliphatic heterocycles. The Hall–Kier alpha value is -0.0100. The van der Waals surface area contributed by atoms with Gasteiger partial charge in [0.05, 0.1) is 0 Å². The maximum Gasteiger partial charge on any atom is 0.0475 e. The molecule has 0 nitrogen and oxygen atoms in total. The van der Waals surface area contributed by atoms with Gasteiger partial charge in [-0.3, -0.25) is 0 Å². The van der Waals surface area contributed by atoms with Gasteiger partial charge >= 0.3 is 0 Å². The second kappa shape index (κ2) is 3.59. The van der Waals surface area contributed by atoms with Crippen LogP contribution in [0.15, 0.2) is 12.1 Å². The van der Waals surface area contributed by atoms with Crippen LogP contribution < -0.4 is 0 Å². The van der Waals surface area contributed by atoms with Gasteiger partial charge in [-0.15, -0.1) is 0 Å². The lowest BCUT2D eigenvalue weighted by Crippen LogP contribution is -1.86. The Balaban J connectivity index is 3.24. The van der Waals surface area contributed by atoms with Crippen LogP contribution in [0.4, 0.5) is 0 Å². The Morgan fingerprint density at radius 2 is 2.00 bits per heavy atom. The van der Waals surface area contributed by atoms with Gasteiger partial charge in [0.25, 0.3) is 0 Å². The van der Waals surface area contributed by atoms with Gasteiger partial charge in [0.2, 0.25) is 0 Å². The van der Waals surface area contributed by atoms with Crippen LogP contribution in [0.3, 0.4) is 0 Å². The van der Waals surface area contributed by atoms with Gasteiger partial charge in [0.1, 0.15) is 0 Å². The van der Waals surface area contributed by atoms with E-state index in [0.29, 0.717) is 0 Å². The minimum atomic E-state index is 0.828. The third kappa shape index (κ3) is 1.97. The average molecular weight is 234 g/mol. The van der Waals surface area contributed by atoms with Crippen LogP contribution in [0.2, 0.25) is 5.02 Å². The average Bonchev–Trinajstić information content (AvgIpc) is 1.96. The number of aryl methyl sites for hydroxylation is 2. The van der Waals surface area contributed by atoms with E-state index in [-0.39, 0.29) is 0 Å². The number of rotatable bonds is 1. The molecule has 60 valence electrons. The van der Waals surface area contributed by atoms with E-state index in [4.69, 9.17) is 11.6 Å². The topological polar surface area (TPSA) is 0 Å². The Bertz CT molecular complexity index is 269. The molecule has 0 bridgehead atoms. The van der Waals surface area contributed by atoms with Crippen LogP contribution in [0.5, 0.6) is 0 Å². The number of hydrogen-bond donors (Lipinski definition) is 0. The van der Waals surface area contributed by atoms with Crippen LogP contribution in [0.1, 0.15) is 16.7 Å². The van der Waals surface area contributed by atoms with Crippen molar-refractivity contribution in [3.8, 4) is 0 Å². The lowest BCUT2D eigenvalue weighted by Gasteiger charge is -2.04. The van der Waals surface area contributed by atoms with Crippen molar-refractivity contribution in [3.05, 3.63) is 33.8 Å². The number of hydrogen-bond acceptors (Lipinski definition) is 0. The molecule has 0 radical (unpaired) electrons. The molecule has 0 aromatic heterocycles. The first-order chi connectivity index (χ1) is 5.15. The molecule has 0 heterocycles. The first-order valence-electron chi connectivity index (χ1n) is 3.46. The summed E-state index contributed by atoms with van der Waals surface area (Å²) in [5.74, 6) is 0. The van der Waals surface area contributed by atoms with Crippen molar-refractivity contribution in [2.45, 2.75) is 19.2 Å². The molecule has 0 fully saturated rings. The van der Waals surface area contributed by atoms with Crippen LogP contribution in [0.25, 0.3) is 0 Å². The monoisotopic (exact) mass is 232 g/mol. The third-order valence-electron chi connectivity index (χ3n) is 1.62. The number of halogens is 2. The molecular weight excluding hydrogens is 223 g/mol. The normalized spacial score (nSPS) is 10.2. The Morgan fingerprint density at radius 3 is 2.55 bits per heavy atom. The van der Waals surface area contributed by atoms with Crippen LogP contribution in [-0.4, -0.2) is 0 Å². The zero-order valence-electron chi connectivity index (χ0n) is 6.62. The van der Waals surface area contributed by atoms with Crippen LogP contribution in [0, 0.1) is 13.8 Å². The molecule has 0 amide bonds. The first-order valence-corrected chi connectivity index (χ1v) is 4.96. The van der Waals surface area contributed by atoms with Gasteiger partial charge in [-0.25, -0.2) is 0 Å². The van der Waals surface area contributed by atoms with Crippen molar-refractivity contribution in [2.75, 3.05) is 0 Å². The molecule has 0 saturated carbocycles. The molecule has 1 aromatic carbocycles. The van der Waals surface area contributed by atoms with Crippen molar-refractivity contribution < 1.29 is 0 Å². The quantitative estimate of drug-likeness (QED) is 0.646. The highest BCUT2D eigenvalue weighted by atomic mass is 79.9.